The summed E-state index contributed by atoms with van der Waals surface area (Å²) < 4.78 is 0. The van der Waals surface area contributed by atoms with Gasteiger partial charge in [-0.25, -0.2) is 0 Å². The van der Waals surface area contributed by atoms with Crippen molar-refractivity contribution in [1.82, 2.24) is 10.2 Å². The summed E-state index contributed by atoms with van der Waals surface area (Å²) in [4.78, 5) is 14.6. The van der Waals surface area contributed by atoms with Gasteiger partial charge in [0.05, 0.1) is 0 Å². The summed E-state index contributed by atoms with van der Waals surface area (Å²) in [5.41, 5.74) is -0.343. The molecule has 2 heterocycles. The lowest BCUT2D eigenvalue weighted by molar-refractivity contribution is -0.122. The van der Waals surface area contributed by atoms with Gasteiger partial charge in [-0.15, -0.1) is 12.3 Å². The van der Waals surface area contributed by atoms with Gasteiger partial charge >= 0.3 is 0 Å². The zero-order valence-corrected chi connectivity index (χ0v) is 13.8. The number of hydrogen-bond donors (Lipinski definition) is 1. The molecular formula is C17H28N4O. The summed E-state index contributed by atoms with van der Waals surface area (Å²) in [6.45, 7) is 7.82. The van der Waals surface area contributed by atoms with Gasteiger partial charge in [-0.2, -0.15) is 10.2 Å². The Morgan fingerprint density at radius 2 is 2.05 bits per heavy atom. The summed E-state index contributed by atoms with van der Waals surface area (Å²) in [6, 6.07) is 0.325. The van der Waals surface area contributed by atoms with E-state index in [4.69, 9.17) is 6.42 Å². The Balaban J connectivity index is 1.61. The van der Waals surface area contributed by atoms with Crippen LogP contribution in [0.15, 0.2) is 10.2 Å². The molecule has 0 aliphatic carbocycles. The predicted octanol–water partition coefficient (Wildman–Crippen LogP) is 2.58. The number of piperidine rings is 1. The van der Waals surface area contributed by atoms with E-state index in [-0.39, 0.29) is 11.6 Å². The number of carbonyl (C=O) groups excluding carboxylic acids is 1. The van der Waals surface area contributed by atoms with Crippen molar-refractivity contribution in [2.24, 2.45) is 16.1 Å². The second-order valence-corrected chi connectivity index (χ2v) is 6.92. The first-order valence-corrected chi connectivity index (χ1v) is 8.42. The summed E-state index contributed by atoms with van der Waals surface area (Å²) in [5.74, 6) is 3.44. The fraction of sp³-hybridized carbons (Fsp3) is 0.824. The number of hydrogen-bond acceptors (Lipinski definition) is 4. The molecule has 0 aromatic rings. The highest BCUT2D eigenvalue weighted by molar-refractivity contribution is 5.76. The zero-order chi connectivity index (χ0) is 16.0. The summed E-state index contributed by atoms with van der Waals surface area (Å²) >= 11 is 0. The highest BCUT2D eigenvalue weighted by Gasteiger charge is 2.39. The molecule has 2 rings (SSSR count). The molecule has 0 saturated carbocycles. The highest BCUT2D eigenvalue weighted by atomic mass is 16.1. The number of likely N-dealkylation sites (tertiary alicyclic amines) is 1. The molecule has 5 nitrogen and oxygen atoms in total. The fourth-order valence-corrected chi connectivity index (χ4v) is 3.06. The Morgan fingerprint density at radius 3 is 2.59 bits per heavy atom. The first-order chi connectivity index (χ1) is 10.5. The van der Waals surface area contributed by atoms with E-state index in [9.17, 15) is 4.79 Å². The SMILES string of the molecule is C#CCCC1(CCC(=O)NC2CCN(CC(C)C)CC2)N=N1. The van der Waals surface area contributed by atoms with Gasteiger partial charge in [-0.3, -0.25) is 4.79 Å². The summed E-state index contributed by atoms with van der Waals surface area (Å²) in [6.07, 6.45) is 9.98. The molecule has 0 atom stereocenters. The molecule has 1 amide bonds. The Kier molecular flexibility index (Phi) is 5.96. The fourth-order valence-electron chi connectivity index (χ4n) is 3.06. The molecule has 0 radical (unpaired) electrons. The maximum atomic E-state index is 12.1. The van der Waals surface area contributed by atoms with E-state index in [1.807, 2.05) is 0 Å². The number of nitrogens with zero attached hydrogens (tertiary/aromatic N) is 3. The van der Waals surface area contributed by atoms with E-state index in [0.717, 1.165) is 38.9 Å². The van der Waals surface area contributed by atoms with Crippen LogP contribution in [-0.2, 0) is 4.79 Å². The summed E-state index contributed by atoms with van der Waals surface area (Å²) in [5, 5.41) is 11.3. The molecule has 0 aromatic carbocycles. The minimum Gasteiger partial charge on any atom is -0.353 e. The minimum atomic E-state index is -0.343. The Hall–Kier alpha value is -1.41. The van der Waals surface area contributed by atoms with Crippen molar-refractivity contribution < 1.29 is 4.79 Å². The zero-order valence-electron chi connectivity index (χ0n) is 13.8. The number of rotatable bonds is 8. The second kappa shape index (κ2) is 7.73. The van der Waals surface area contributed by atoms with Crippen LogP contribution in [0, 0.1) is 18.3 Å². The average Bonchev–Trinajstić information content (AvgIpc) is 3.25. The van der Waals surface area contributed by atoms with E-state index in [2.05, 4.69) is 40.2 Å². The first kappa shape index (κ1) is 17.0. The smallest absolute Gasteiger partial charge is 0.220 e. The lowest BCUT2D eigenvalue weighted by atomic mass is 10.0. The van der Waals surface area contributed by atoms with Crippen LogP contribution in [0.3, 0.4) is 0 Å². The van der Waals surface area contributed by atoms with Crippen molar-refractivity contribution in [3.63, 3.8) is 0 Å². The van der Waals surface area contributed by atoms with Gasteiger partial charge in [-0.1, -0.05) is 13.8 Å². The van der Waals surface area contributed by atoms with Crippen LogP contribution >= 0.6 is 0 Å². The van der Waals surface area contributed by atoms with Crippen molar-refractivity contribution in [3.8, 4) is 12.3 Å². The average molecular weight is 304 g/mol. The quantitative estimate of drug-likeness (QED) is 0.701. The van der Waals surface area contributed by atoms with Crippen molar-refractivity contribution >= 4 is 5.91 Å². The molecule has 0 aromatic heterocycles. The van der Waals surface area contributed by atoms with Crippen LogP contribution in [-0.4, -0.2) is 42.1 Å². The molecule has 22 heavy (non-hydrogen) atoms. The maximum Gasteiger partial charge on any atom is 0.220 e. The summed E-state index contributed by atoms with van der Waals surface area (Å²) in [7, 11) is 0. The molecule has 0 spiro atoms. The molecule has 122 valence electrons. The lowest BCUT2D eigenvalue weighted by Gasteiger charge is -2.33. The standard InChI is InChI=1S/C17H28N4O/c1-4-5-9-17(19-20-17)10-6-16(22)18-15-7-11-21(12-8-15)13-14(2)3/h1,14-15H,5-13H2,2-3H3,(H,18,22). The van der Waals surface area contributed by atoms with Crippen molar-refractivity contribution in [2.75, 3.05) is 19.6 Å². The molecule has 2 aliphatic rings. The van der Waals surface area contributed by atoms with E-state index in [1.54, 1.807) is 0 Å². The minimum absolute atomic E-state index is 0.125. The van der Waals surface area contributed by atoms with Gasteiger partial charge in [0.2, 0.25) is 5.91 Å². The third-order valence-corrected chi connectivity index (χ3v) is 4.38. The predicted molar refractivity (Wildman–Crippen MR) is 87.3 cm³/mol. The Bertz CT molecular complexity index is 438. The van der Waals surface area contributed by atoms with Crippen LogP contribution in [0.4, 0.5) is 0 Å². The Morgan fingerprint density at radius 1 is 1.36 bits per heavy atom. The van der Waals surface area contributed by atoms with Crippen molar-refractivity contribution in [3.05, 3.63) is 0 Å². The van der Waals surface area contributed by atoms with E-state index >= 15 is 0 Å². The van der Waals surface area contributed by atoms with Gasteiger partial charge in [0.25, 0.3) is 0 Å². The molecule has 2 aliphatic heterocycles. The topological polar surface area (TPSA) is 57.1 Å². The van der Waals surface area contributed by atoms with Crippen LogP contribution in [0.5, 0.6) is 0 Å². The first-order valence-electron chi connectivity index (χ1n) is 8.42. The van der Waals surface area contributed by atoms with Crippen molar-refractivity contribution in [2.45, 2.75) is 64.1 Å². The van der Waals surface area contributed by atoms with Crippen LogP contribution in [0.25, 0.3) is 0 Å². The molecule has 1 fully saturated rings. The van der Waals surface area contributed by atoms with Crippen LogP contribution < -0.4 is 5.32 Å². The lowest BCUT2D eigenvalue weighted by Crippen LogP contribution is -2.45. The van der Waals surface area contributed by atoms with Crippen molar-refractivity contribution in [1.29, 1.82) is 0 Å². The van der Waals surface area contributed by atoms with Crippen LogP contribution in [0.2, 0.25) is 0 Å². The molecular weight excluding hydrogens is 276 g/mol. The van der Waals surface area contributed by atoms with Gasteiger partial charge in [0.15, 0.2) is 5.66 Å². The van der Waals surface area contributed by atoms with Crippen LogP contribution in [0.1, 0.15) is 52.4 Å². The maximum absolute atomic E-state index is 12.1. The van der Waals surface area contributed by atoms with Gasteiger partial charge in [0, 0.05) is 51.4 Å². The molecule has 1 N–H and O–H groups in total. The Labute approximate surface area is 133 Å². The number of nitrogens with one attached hydrogen (secondary N) is 1. The highest BCUT2D eigenvalue weighted by Crippen LogP contribution is 2.37. The van der Waals surface area contributed by atoms with Gasteiger partial charge < -0.3 is 10.2 Å². The molecule has 1 saturated heterocycles. The largest absolute Gasteiger partial charge is 0.353 e. The molecule has 0 unspecified atom stereocenters. The van der Waals surface area contributed by atoms with Gasteiger partial charge in [0.1, 0.15) is 0 Å². The number of carbonyl (C=O) groups is 1. The molecule has 5 heteroatoms. The second-order valence-electron chi connectivity index (χ2n) is 6.92. The number of amides is 1. The molecule has 0 bridgehead atoms. The normalized spacial score (nSPS) is 20.8. The third-order valence-electron chi connectivity index (χ3n) is 4.38. The number of terminal acetylenes is 1. The van der Waals surface area contributed by atoms with E-state index < -0.39 is 0 Å². The van der Waals surface area contributed by atoms with E-state index in [0.29, 0.717) is 31.2 Å². The third kappa shape index (κ3) is 5.42. The van der Waals surface area contributed by atoms with E-state index in [1.165, 1.54) is 0 Å². The monoisotopic (exact) mass is 304 g/mol. The van der Waals surface area contributed by atoms with Gasteiger partial charge in [-0.05, 0) is 18.8 Å².